The van der Waals surface area contributed by atoms with Crippen LogP contribution >= 0.6 is 0 Å². The molecule has 0 amide bonds. The molecule has 1 aromatic heterocycles. The molecule has 0 radical (unpaired) electrons. The molecule has 1 aromatic carbocycles. The van der Waals surface area contributed by atoms with E-state index in [1.54, 1.807) is 6.07 Å². The third kappa shape index (κ3) is 1.78. The van der Waals surface area contributed by atoms with Gasteiger partial charge in [-0.25, -0.2) is 0 Å². The molecule has 0 aliphatic rings. The van der Waals surface area contributed by atoms with Crippen LogP contribution in [0, 0.1) is 24.2 Å². The lowest BCUT2D eigenvalue weighted by atomic mass is 9.93. The van der Waals surface area contributed by atoms with E-state index in [2.05, 4.69) is 10.9 Å². The Morgan fingerprint density at radius 2 is 1.94 bits per heavy atom. The fourth-order valence-electron chi connectivity index (χ4n) is 2.02. The number of rotatable bonds is 1. The van der Waals surface area contributed by atoms with Gasteiger partial charge in [-0.05, 0) is 23.6 Å². The Kier molecular flexibility index (Phi) is 2.92. The van der Waals surface area contributed by atoms with Crippen LogP contribution in [0.1, 0.15) is 30.9 Å². The van der Waals surface area contributed by atoms with E-state index in [-0.39, 0.29) is 16.9 Å². The number of anilines is 1. The van der Waals surface area contributed by atoms with Gasteiger partial charge < -0.3 is 5.73 Å². The van der Waals surface area contributed by atoms with Crippen LogP contribution in [0.2, 0.25) is 0 Å². The molecule has 0 aliphatic carbocycles. The second kappa shape index (κ2) is 4.26. The number of nitrogens with two attached hydrogens (primary N) is 1. The maximum Gasteiger partial charge on any atom is 0.231 e. The molecule has 0 fully saturated rings. The summed E-state index contributed by atoms with van der Waals surface area (Å²) in [5.41, 5.74) is 6.83. The number of fused-ring (bicyclic) bond motifs is 1. The highest BCUT2D eigenvalue weighted by molar-refractivity contribution is 5.93. The molecule has 2 N–H and O–H groups in total. The molecule has 0 atom stereocenters. The molecule has 0 saturated carbocycles. The van der Waals surface area contributed by atoms with Gasteiger partial charge in [-0.1, -0.05) is 19.8 Å². The molecule has 0 aliphatic heterocycles. The smallest absolute Gasteiger partial charge is 0.231 e. The summed E-state index contributed by atoms with van der Waals surface area (Å²) in [7, 11) is 0. The van der Waals surface area contributed by atoms with E-state index in [4.69, 9.17) is 12.2 Å². The summed E-state index contributed by atoms with van der Waals surface area (Å²) in [6, 6.07) is 3.11. The Balaban J connectivity index is 3.06. The van der Waals surface area contributed by atoms with Crippen LogP contribution in [0.3, 0.4) is 0 Å². The summed E-state index contributed by atoms with van der Waals surface area (Å²) >= 11 is 0. The van der Waals surface area contributed by atoms with Crippen LogP contribution < -0.4 is 5.73 Å². The summed E-state index contributed by atoms with van der Waals surface area (Å²) in [5.74, 6) is 0.424. The maximum atomic E-state index is 13.7. The maximum absolute atomic E-state index is 13.7. The molecule has 0 bridgehead atoms. The van der Waals surface area contributed by atoms with Crippen LogP contribution in [0.15, 0.2) is 12.1 Å². The quantitative estimate of drug-likeness (QED) is 0.476. The number of benzene rings is 1. The largest absolute Gasteiger partial charge is 0.399 e. The van der Waals surface area contributed by atoms with Crippen molar-refractivity contribution in [1.82, 2.24) is 4.98 Å². The fraction of sp³-hybridized carbons (Fsp3) is 0.214. The Labute approximate surface area is 104 Å². The van der Waals surface area contributed by atoms with E-state index >= 15 is 0 Å². The molecular formula is C14H12F2N2. The molecular weight excluding hydrogens is 234 g/mol. The van der Waals surface area contributed by atoms with Gasteiger partial charge in [0, 0.05) is 16.5 Å². The third-order valence-corrected chi connectivity index (χ3v) is 2.83. The highest BCUT2D eigenvalue weighted by Crippen LogP contribution is 2.32. The number of halogens is 2. The van der Waals surface area contributed by atoms with Gasteiger partial charge in [0.2, 0.25) is 11.9 Å². The number of terminal acetylenes is 1. The molecule has 2 aromatic rings. The van der Waals surface area contributed by atoms with Crippen molar-refractivity contribution < 1.29 is 8.78 Å². The number of hydrogen-bond donors (Lipinski definition) is 1. The second-order valence-corrected chi connectivity index (χ2v) is 4.40. The summed E-state index contributed by atoms with van der Waals surface area (Å²) in [6.45, 7) is 3.81. The van der Waals surface area contributed by atoms with Gasteiger partial charge in [-0.2, -0.15) is 13.8 Å². The highest BCUT2D eigenvalue weighted by atomic mass is 19.1. The van der Waals surface area contributed by atoms with Crippen molar-refractivity contribution in [3.05, 3.63) is 35.2 Å². The monoisotopic (exact) mass is 246 g/mol. The van der Waals surface area contributed by atoms with Gasteiger partial charge >= 0.3 is 0 Å². The molecule has 0 saturated heterocycles. The van der Waals surface area contributed by atoms with E-state index in [9.17, 15) is 8.78 Å². The minimum absolute atomic E-state index is 0.0184. The highest BCUT2D eigenvalue weighted by Gasteiger charge is 2.17. The third-order valence-electron chi connectivity index (χ3n) is 2.83. The van der Waals surface area contributed by atoms with Gasteiger partial charge in [-0.3, -0.25) is 0 Å². The summed E-state index contributed by atoms with van der Waals surface area (Å²) in [6.07, 6.45) is 5.29. The van der Waals surface area contributed by atoms with Crippen molar-refractivity contribution in [2.45, 2.75) is 19.8 Å². The average Bonchev–Trinajstić information content (AvgIpc) is 2.29. The van der Waals surface area contributed by atoms with Crippen LogP contribution in [0.25, 0.3) is 10.8 Å². The van der Waals surface area contributed by atoms with Gasteiger partial charge in [0.05, 0.1) is 5.56 Å². The second-order valence-electron chi connectivity index (χ2n) is 4.40. The molecule has 4 heteroatoms. The summed E-state index contributed by atoms with van der Waals surface area (Å²) < 4.78 is 27.3. The van der Waals surface area contributed by atoms with Crippen molar-refractivity contribution in [2.24, 2.45) is 0 Å². The first-order valence-electron chi connectivity index (χ1n) is 5.50. The van der Waals surface area contributed by atoms with Crippen LogP contribution in [-0.2, 0) is 0 Å². The molecule has 0 unspecified atom stereocenters. The van der Waals surface area contributed by atoms with Gasteiger partial charge in [-0.15, -0.1) is 6.42 Å². The van der Waals surface area contributed by atoms with E-state index in [1.165, 1.54) is 6.07 Å². The first-order chi connectivity index (χ1) is 8.45. The predicted octanol–water partition coefficient (Wildman–Crippen LogP) is 3.20. The molecule has 0 spiro atoms. The first-order valence-corrected chi connectivity index (χ1v) is 5.50. The standard InChI is InChI=1S/C14H12F2N2/c1-4-9-12-10(7(2)3)5-8(17)6-11(12)14(16)18-13(9)15/h1,5-7H,17H2,2-3H3. The van der Waals surface area contributed by atoms with E-state index in [1.807, 2.05) is 13.8 Å². The Bertz CT molecular complexity index is 670. The van der Waals surface area contributed by atoms with E-state index in [0.29, 0.717) is 11.1 Å². The van der Waals surface area contributed by atoms with Crippen molar-refractivity contribution in [3.8, 4) is 12.3 Å². The summed E-state index contributed by atoms with van der Waals surface area (Å²) in [4.78, 5) is 3.18. The molecule has 2 nitrogen and oxygen atoms in total. The van der Waals surface area contributed by atoms with Gasteiger partial charge in [0.25, 0.3) is 0 Å². The van der Waals surface area contributed by atoms with Crippen LogP contribution in [0.5, 0.6) is 0 Å². The number of nitrogens with zero attached hydrogens (tertiary/aromatic N) is 1. The van der Waals surface area contributed by atoms with Crippen LogP contribution in [0.4, 0.5) is 14.5 Å². The number of nitrogen functional groups attached to an aromatic ring is 1. The van der Waals surface area contributed by atoms with Crippen molar-refractivity contribution in [3.63, 3.8) is 0 Å². The van der Waals surface area contributed by atoms with E-state index in [0.717, 1.165) is 5.56 Å². The lowest BCUT2D eigenvalue weighted by Crippen LogP contribution is -2.02. The predicted molar refractivity (Wildman–Crippen MR) is 68.1 cm³/mol. The average molecular weight is 246 g/mol. The SMILES string of the molecule is C#Cc1c(F)nc(F)c2cc(N)cc(C(C)C)c12. The van der Waals surface area contributed by atoms with Crippen LogP contribution in [-0.4, -0.2) is 4.98 Å². The van der Waals surface area contributed by atoms with Crippen molar-refractivity contribution >= 4 is 16.5 Å². The minimum Gasteiger partial charge on any atom is -0.399 e. The molecule has 2 rings (SSSR count). The van der Waals surface area contributed by atoms with Gasteiger partial charge in [0.1, 0.15) is 0 Å². The zero-order valence-electron chi connectivity index (χ0n) is 10.1. The molecule has 18 heavy (non-hydrogen) atoms. The normalized spacial score (nSPS) is 10.9. The zero-order chi connectivity index (χ0) is 13.4. The molecule has 92 valence electrons. The number of aromatic nitrogens is 1. The van der Waals surface area contributed by atoms with Crippen molar-refractivity contribution in [2.75, 3.05) is 5.73 Å². The Morgan fingerprint density at radius 3 is 2.50 bits per heavy atom. The molecule has 1 heterocycles. The fourth-order valence-corrected chi connectivity index (χ4v) is 2.02. The number of hydrogen-bond acceptors (Lipinski definition) is 2. The lowest BCUT2D eigenvalue weighted by molar-refractivity contribution is 0.520. The zero-order valence-corrected chi connectivity index (χ0v) is 10.1. The Hall–Kier alpha value is -2.15. The minimum atomic E-state index is -0.964. The summed E-state index contributed by atoms with van der Waals surface area (Å²) in [5, 5.41) is 0.541. The Morgan fingerprint density at radius 1 is 1.28 bits per heavy atom. The van der Waals surface area contributed by atoms with E-state index < -0.39 is 11.9 Å². The van der Waals surface area contributed by atoms with Crippen molar-refractivity contribution in [1.29, 1.82) is 0 Å². The first kappa shape index (κ1) is 12.3. The number of pyridine rings is 1. The van der Waals surface area contributed by atoms with Gasteiger partial charge in [0.15, 0.2) is 0 Å². The topological polar surface area (TPSA) is 38.9 Å². The lowest BCUT2D eigenvalue weighted by Gasteiger charge is -2.13.